The van der Waals surface area contributed by atoms with Gasteiger partial charge in [0.2, 0.25) is 5.96 Å². The van der Waals surface area contributed by atoms with Crippen molar-refractivity contribution in [1.82, 2.24) is 15.1 Å². The molecule has 0 aliphatic carbocycles. The number of rotatable bonds is 13. The number of amidine groups is 1. The molecule has 0 unspecified atom stereocenters. The minimum atomic E-state index is -1.00. The number of nitrogens with zero attached hydrogens (tertiary/aromatic N) is 3. The van der Waals surface area contributed by atoms with Crippen molar-refractivity contribution in [3.05, 3.63) is 21.9 Å². The van der Waals surface area contributed by atoms with Crippen LogP contribution in [0.15, 0.2) is 16.4 Å². The normalized spacial score (nSPS) is 12.5. The standard InChI is InChI=1S/C36H60BrN5O9S/c1-33(2,3)48-29(43)39-27(38)25-22-26(52-24-25)23-47-21-20-42(32(46)51-36(10,11)12)28(40-30(44)49-34(4,5)6)41(31(45)50-35(7,8)9)19-17-15-13-14-16-18-37/h22,24H,13-21,23H2,1-12H3,(H2,38,39,43). The summed E-state index contributed by atoms with van der Waals surface area (Å²) in [4.78, 5) is 60.1. The first-order valence-electron chi connectivity index (χ1n) is 17.4. The van der Waals surface area contributed by atoms with Gasteiger partial charge in [0.15, 0.2) is 0 Å². The molecule has 0 atom stereocenters. The van der Waals surface area contributed by atoms with Crippen molar-refractivity contribution in [1.29, 1.82) is 5.41 Å². The lowest BCUT2D eigenvalue weighted by Gasteiger charge is -2.34. The van der Waals surface area contributed by atoms with E-state index in [9.17, 15) is 19.2 Å². The number of alkyl carbamates (subject to hydrolysis) is 1. The van der Waals surface area contributed by atoms with Crippen LogP contribution in [0, 0.1) is 5.41 Å². The average Bonchev–Trinajstić information content (AvgIpc) is 3.41. The molecule has 0 bridgehead atoms. The number of hydrogen-bond acceptors (Lipinski definition) is 11. The molecular formula is C36H60BrN5O9S. The van der Waals surface area contributed by atoms with Crippen LogP contribution in [-0.2, 0) is 30.3 Å². The fourth-order valence-corrected chi connectivity index (χ4v) is 5.31. The summed E-state index contributed by atoms with van der Waals surface area (Å²) in [5, 5.41) is 13.3. The molecule has 0 spiro atoms. The Morgan fingerprint density at radius 2 is 1.25 bits per heavy atom. The number of thiophene rings is 1. The maximum absolute atomic E-state index is 13.8. The molecule has 0 aliphatic rings. The van der Waals surface area contributed by atoms with E-state index in [1.807, 2.05) is 0 Å². The minimum absolute atomic E-state index is 0.0534. The van der Waals surface area contributed by atoms with Crippen LogP contribution in [0.25, 0.3) is 0 Å². The number of guanidine groups is 1. The van der Waals surface area contributed by atoms with Gasteiger partial charge in [-0.05, 0) is 102 Å². The van der Waals surface area contributed by atoms with Crippen LogP contribution < -0.4 is 5.32 Å². The molecule has 296 valence electrons. The molecule has 4 amide bonds. The largest absolute Gasteiger partial charge is 0.444 e. The van der Waals surface area contributed by atoms with Gasteiger partial charge in [-0.2, -0.15) is 0 Å². The van der Waals surface area contributed by atoms with Crippen LogP contribution in [0.3, 0.4) is 0 Å². The Balaban J connectivity index is 3.40. The zero-order valence-corrected chi connectivity index (χ0v) is 35.4. The number of aliphatic imine (C=N–C) groups is 1. The quantitative estimate of drug-likeness (QED) is 0.0648. The van der Waals surface area contributed by atoms with Gasteiger partial charge in [-0.15, -0.1) is 16.3 Å². The van der Waals surface area contributed by atoms with Crippen molar-refractivity contribution in [2.24, 2.45) is 4.99 Å². The Morgan fingerprint density at radius 3 is 1.77 bits per heavy atom. The van der Waals surface area contributed by atoms with Gasteiger partial charge in [-0.3, -0.25) is 10.7 Å². The molecule has 0 aromatic carbocycles. The molecule has 2 N–H and O–H groups in total. The number of unbranched alkanes of at least 4 members (excludes halogenated alkanes) is 4. The fraction of sp³-hybridized carbons (Fsp3) is 0.722. The zero-order valence-electron chi connectivity index (χ0n) is 33.0. The number of ether oxygens (including phenoxy) is 5. The summed E-state index contributed by atoms with van der Waals surface area (Å²) in [7, 11) is 0. The van der Waals surface area contributed by atoms with Gasteiger partial charge in [0.1, 0.15) is 28.2 Å². The molecular weight excluding hydrogens is 758 g/mol. The van der Waals surface area contributed by atoms with E-state index in [1.54, 1.807) is 94.5 Å². The van der Waals surface area contributed by atoms with Gasteiger partial charge < -0.3 is 23.7 Å². The summed E-state index contributed by atoms with van der Waals surface area (Å²) < 4.78 is 28.1. The second-order valence-electron chi connectivity index (χ2n) is 16.0. The zero-order chi connectivity index (χ0) is 39.9. The Labute approximate surface area is 321 Å². The molecule has 14 nitrogen and oxygen atoms in total. The average molecular weight is 819 g/mol. The van der Waals surface area contributed by atoms with Crippen molar-refractivity contribution in [3.8, 4) is 0 Å². The second kappa shape index (κ2) is 20.9. The molecule has 1 rings (SSSR count). The summed E-state index contributed by atoms with van der Waals surface area (Å²) in [6.45, 7) is 20.5. The number of amides is 4. The smallest absolute Gasteiger partial charge is 0.437 e. The van der Waals surface area contributed by atoms with E-state index in [-0.39, 0.29) is 38.1 Å². The number of nitrogens with one attached hydrogen (secondary N) is 2. The number of hydrogen-bond donors (Lipinski definition) is 2. The maximum Gasteiger partial charge on any atom is 0.437 e. The van der Waals surface area contributed by atoms with E-state index in [2.05, 4.69) is 26.2 Å². The summed E-state index contributed by atoms with van der Waals surface area (Å²) in [6.07, 6.45) is 0.899. The topological polar surface area (TPSA) is 169 Å². The van der Waals surface area contributed by atoms with Crippen LogP contribution in [-0.4, -0.2) is 93.4 Å². The third kappa shape index (κ3) is 20.7. The lowest BCUT2D eigenvalue weighted by atomic mass is 10.1. The van der Waals surface area contributed by atoms with Crippen LogP contribution in [0.1, 0.15) is 126 Å². The van der Waals surface area contributed by atoms with E-state index < -0.39 is 46.8 Å². The van der Waals surface area contributed by atoms with Crippen molar-refractivity contribution < 1.29 is 42.9 Å². The lowest BCUT2D eigenvalue weighted by Crippen LogP contribution is -2.53. The molecule has 1 aromatic heterocycles. The monoisotopic (exact) mass is 817 g/mol. The van der Waals surface area contributed by atoms with E-state index in [4.69, 9.17) is 29.1 Å². The molecule has 0 fully saturated rings. The van der Waals surface area contributed by atoms with Gasteiger partial charge in [0.05, 0.1) is 19.8 Å². The Morgan fingerprint density at radius 1 is 0.750 bits per heavy atom. The highest BCUT2D eigenvalue weighted by atomic mass is 79.9. The number of carbonyl (C=O) groups excluding carboxylic acids is 4. The summed E-state index contributed by atoms with van der Waals surface area (Å²) >= 11 is 4.77. The molecule has 1 aromatic rings. The lowest BCUT2D eigenvalue weighted by molar-refractivity contribution is 0.0225. The van der Waals surface area contributed by atoms with Crippen molar-refractivity contribution in [2.75, 3.05) is 25.0 Å². The van der Waals surface area contributed by atoms with Gasteiger partial charge in [0, 0.05) is 27.7 Å². The van der Waals surface area contributed by atoms with Gasteiger partial charge >= 0.3 is 24.4 Å². The Bertz CT molecular complexity index is 1370. The van der Waals surface area contributed by atoms with Gasteiger partial charge in [0.25, 0.3) is 0 Å². The Hall–Kier alpha value is -3.24. The highest BCUT2D eigenvalue weighted by Gasteiger charge is 2.35. The number of carbonyl (C=O) groups is 4. The number of halogens is 1. The predicted molar refractivity (Wildman–Crippen MR) is 207 cm³/mol. The maximum atomic E-state index is 13.8. The molecule has 0 radical (unpaired) electrons. The van der Waals surface area contributed by atoms with Crippen molar-refractivity contribution in [3.63, 3.8) is 0 Å². The Kier molecular flexibility index (Phi) is 18.8. The number of alkyl halides is 1. The molecule has 52 heavy (non-hydrogen) atoms. The molecule has 0 saturated heterocycles. The minimum Gasteiger partial charge on any atom is -0.444 e. The SMILES string of the molecule is CC(C)(C)OC(=O)N=C(N(CCCCCCCBr)C(=O)OC(C)(C)C)N(CCOCc1cc(C(=N)NC(=O)OC(C)(C)C)cs1)C(=O)OC(C)(C)C. The third-order valence-corrected chi connectivity index (χ3v) is 7.55. The first kappa shape index (κ1) is 46.8. The molecule has 1 heterocycles. The van der Waals surface area contributed by atoms with E-state index >= 15 is 0 Å². The van der Waals surface area contributed by atoms with Crippen molar-refractivity contribution >= 4 is 63.4 Å². The van der Waals surface area contributed by atoms with Crippen LogP contribution in [0.2, 0.25) is 0 Å². The first-order chi connectivity index (χ1) is 23.8. The van der Waals surface area contributed by atoms with Crippen molar-refractivity contribution in [2.45, 2.75) is 144 Å². The van der Waals surface area contributed by atoms with Gasteiger partial charge in [-0.1, -0.05) is 35.2 Å². The molecule has 0 aliphatic heterocycles. The summed E-state index contributed by atoms with van der Waals surface area (Å²) in [5.74, 6) is -0.428. The van der Waals surface area contributed by atoms with Gasteiger partial charge in [-0.25, -0.2) is 29.0 Å². The molecule has 16 heteroatoms. The van der Waals surface area contributed by atoms with E-state index in [0.717, 1.165) is 40.8 Å². The van der Waals surface area contributed by atoms with E-state index in [1.165, 1.54) is 16.2 Å². The van der Waals surface area contributed by atoms with Crippen LogP contribution in [0.5, 0.6) is 0 Å². The third-order valence-electron chi connectivity index (χ3n) is 6.08. The van der Waals surface area contributed by atoms with Crippen LogP contribution in [0.4, 0.5) is 19.2 Å². The van der Waals surface area contributed by atoms with E-state index in [0.29, 0.717) is 12.0 Å². The fourth-order valence-electron chi connectivity index (χ4n) is 4.10. The predicted octanol–water partition coefficient (Wildman–Crippen LogP) is 9.23. The summed E-state index contributed by atoms with van der Waals surface area (Å²) in [5.41, 5.74) is -2.96. The summed E-state index contributed by atoms with van der Waals surface area (Å²) in [6, 6.07) is 1.70. The molecule has 0 saturated carbocycles. The first-order valence-corrected chi connectivity index (χ1v) is 19.4. The highest BCUT2D eigenvalue weighted by molar-refractivity contribution is 9.09. The highest BCUT2D eigenvalue weighted by Crippen LogP contribution is 2.20. The second-order valence-corrected chi connectivity index (χ2v) is 17.8. The van der Waals surface area contributed by atoms with Crippen LogP contribution >= 0.6 is 27.3 Å².